The third kappa shape index (κ3) is 4.55. The van der Waals surface area contributed by atoms with Crippen molar-refractivity contribution < 1.29 is 9.53 Å². The van der Waals surface area contributed by atoms with E-state index in [4.69, 9.17) is 27.9 Å². The molecule has 3 aromatic rings. The van der Waals surface area contributed by atoms with Crippen LogP contribution in [0.4, 0.5) is 5.69 Å². The van der Waals surface area contributed by atoms with Crippen LogP contribution >= 0.6 is 23.2 Å². The number of aromatic nitrogens is 4. The highest BCUT2D eigenvalue weighted by Gasteiger charge is 2.18. The first-order valence-electron chi connectivity index (χ1n) is 8.70. The van der Waals surface area contributed by atoms with Gasteiger partial charge in [0.2, 0.25) is 5.91 Å². The molecule has 0 fully saturated rings. The quantitative estimate of drug-likeness (QED) is 0.628. The van der Waals surface area contributed by atoms with Gasteiger partial charge in [-0.1, -0.05) is 23.2 Å². The van der Waals surface area contributed by atoms with Crippen LogP contribution in [0.25, 0.3) is 5.69 Å². The molecule has 0 saturated carbocycles. The first-order valence-corrected chi connectivity index (χ1v) is 9.46. The number of anilines is 1. The van der Waals surface area contributed by atoms with Crippen LogP contribution < -0.4 is 5.32 Å². The molecule has 1 amide bonds. The number of ether oxygens (including phenoxy) is 1. The van der Waals surface area contributed by atoms with Gasteiger partial charge in [-0.25, -0.2) is 4.68 Å². The maximum atomic E-state index is 12.5. The number of carbonyl (C=O) groups is 1. The van der Waals surface area contributed by atoms with E-state index in [1.165, 1.54) is 0 Å². The first-order chi connectivity index (χ1) is 13.4. The summed E-state index contributed by atoms with van der Waals surface area (Å²) >= 11 is 12.3. The highest BCUT2D eigenvalue weighted by molar-refractivity contribution is 6.35. The largest absolute Gasteiger partial charge is 0.383 e. The zero-order valence-corrected chi connectivity index (χ0v) is 17.4. The molecule has 0 radical (unpaired) electrons. The van der Waals surface area contributed by atoms with Gasteiger partial charge in [-0.3, -0.25) is 9.48 Å². The van der Waals surface area contributed by atoms with Crippen molar-refractivity contribution in [3.8, 4) is 5.69 Å². The molecule has 0 bridgehead atoms. The second-order valence-electron chi connectivity index (χ2n) is 6.37. The Morgan fingerprint density at radius 2 is 2.07 bits per heavy atom. The number of hydrogen-bond donors (Lipinski definition) is 1. The predicted octanol–water partition coefficient (Wildman–Crippen LogP) is 3.82. The van der Waals surface area contributed by atoms with Crippen LogP contribution in [0.5, 0.6) is 0 Å². The minimum Gasteiger partial charge on any atom is -0.383 e. The molecule has 1 aromatic carbocycles. The lowest BCUT2D eigenvalue weighted by Gasteiger charge is -2.08. The lowest BCUT2D eigenvalue weighted by atomic mass is 10.1. The van der Waals surface area contributed by atoms with E-state index in [-0.39, 0.29) is 12.3 Å². The summed E-state index contributed by atoms with van der Waals surface area (Å²) in [5, 5.41) is 12.7. The highest BCUT2D eigenvalue weighted by Crippen LogP contribution is 2.27. The smallest absolute Gasteiger partial charge is 0.229 e. The molecule has 0 aliphatic heterocycles. The number of aryl methyl sites for hydroxylation is 1. The SMILES string of the molecule is COCCn1cc(NC(=O)Cc2c(C)nn(-c3ccc(Cl)cc3Cl)c2C)cn1. The van der Waals surface area contributed by atoms with E-state index in [0.29, 0.717) is 28.9 Å². The number of nitrogens with one attached hydrogen (secondary N) is 1. The highest BCUT2D eigenvalue weighted by atomic mass is 35.5. The zero-order valence-electron chi connectivity index (χ0n) is 15.9. The molecule has 2 heterocycles. The molecule has 0 atom stereocenters. The number of amides is 1. The average Bonchev–Trinajstić information content (AvgIpc) is 3.19. The van der Waals surface area contributed by atoms with Gasteiger partial charge in [0.05, 0.1) is 47.9 Å². The van der Waals surface area contributed by atoms with E-state index < -0.39 is 0 Å². The van der Waals surface area contributed by atoms with Crippen LogP contribution in [0.15, 0.2) is 30.6 Å². The first kappa shape index (κ1) is 20.4. The lowest BCUT2D eigenvalue weighted by molar-refractivity contribution is -0.115. The van der Waals surface area contributed by atoms with Crippen LogP contribution in [0, 0.1) is 13.8 Å². The Labute approximate surface area is 173 Å². The molecule has 7 nitrogen and oxygen atoms in total. The summed E-state index contributed by atoms with van der Waals surface area (Å²) in [7, 11) is 1.63. The topological polar surface area (TPSA) is 74.0 Å². The Kier molecular flexibility index (Phi) is 6.39. The van der Waals surface area contributed by atoms with Crippen molar-refractivity contribution in [2.45, 2.75) is 26.8 Å². The van der Waals surface area contributed by atoms with Crippen molar-refractivity contribution >= 4 is 34.8 Å². The second-order valence-corrected chi connectivity index (χ2v) is 7.21. The Bertz CT molecular complexity index is 996. The number of nitrogens with zero attached hydrogens (tertiary/aromatic N) is 4. The zero-order chi connectivity index (χ0) is 20.3. The summed E-state index contributed by atoms with van der Waals surface area (Å²) in [6.45, 7) is 4.97. The second kappa shape index (κ2) is 8.77. The van der Waals surface area contributed by atoms with E-state index in [2.05, 4.69) is 15.5 Å². The summed E-state index contributed by atoms with van der Waals surface area (Å²) in [4.78, 5) is 12.5. The van der Waals surface area contributed by atoms with Gasteiger partial charge < -0.3 is 10.1 Å². The molecule has 28 heavy (non-hydrogen) atoms. The van der Waals surface area contributed by atoms with Crippen LogP contribution in [0.3, 0.4) is 0 Å². The summed E-state index contributed by atoms with van der Waals surface area (Å²) in [6.07, 6.45) is 3.59. The van der Waals surface area contributed by atoms with Gasteiger partial charge in [-0.2, -0.15) is 10.2 Å². The minimum absolute atomic E-state index is 0.140. The van der Waals surface area contributed by atoms with Crippen molar-refractivity contribution in [3.63, 3.8) is 0 Å². The molecule has 0 aliphatic rings. The van der Waals surface area contributed by atoms with Gasteiger partial charge in [0.25, 0.3) is 0 Å². The van der Waals surface area contributed by atoms with Gasteiger partial charge in [0.1, 0.15) is 0 Å². The van der Waals surface area contributed by atoms with Gasteiger partial charge in [0, 0.05) is 29.6 Å². The molecular formula is C19H21Cl2N5O2. The fourth-order valence-electron chi connectivity index (χ4n) is 2.92. The molecule has 1 N–H and O–H groups in total. The standard InChI is InChI=1S/C19H21Cl2N5O2/c1-12-16(9-19(27)23-15-10-22-25(11-15)6-7-28-3)13(2)26(24-12)18-5-4-14(20)8-17(18)21/h4-5,8,10-11H,6-7,9H2,1-3H3,(H,23,27). The third-order valence-corrected chi connectivity index (χ3v) is 4.90. The Hall–Kier alpha value is -2.35. The monoisotopic (exact) mass is 421 g/mol. The van der Waals surface area contributed by atoms with E-state index in [1.807, 2.05) is 19.9 Å². The van der Waals surface area contributed by atoms with E-state index in [0.717, 1.165) is 22.6 Å². The van der Waals surface area contributed by atoms with E-state index in [1.54, 1.807) is 41.0 Å². The number of hydrogen-bond acceptors (Lipinski definition) is 4. The molecular weight excluding hydrogens is 401 g/mol. The number of carbonyl (C=O) groups excluding carboxylic acids is 1. The van der Waals surface area contributed by atoms with Crippen LogP contribution in [0.2, 0.25) is 10.0 Å². The Balaban J connectivity index is 1.74. The number of benzene rings is 1. The van der Waals surface area contributed by atoms with Crippen molar-refractivity contribution in [2.24, 2.45) is 0 Å². The predicted molar refractivity (Wildman–Crippen MR) is 109 cm³/mol. The minimum atomic E-state index is -0.140. The molecule has 2 aromatic heterocycles. The fourth-order valence-corrected chi connectivity index (χ4v) is 3.41. The maximum Gasteiger partial charge on any atom is 0.229 e. The average molecular weight is 422 g/mol. The lowest BCUT2D eigenvalue weighted by Crippen LogP contribution is -2.15. The molecule has 9 heteroatoms. The normalized spacial score (nSPS) is 11.0. The molecule has 0 unspecified atom stereocenters. The molecule has 0 saturated heterocycles. The molecule has 148 valence electrons. The fraction of sp³-hybridized carbons (Fsp3) is 0.316. The van der Waals surface area contributed by atoms with Gasteiger partial charge in [-0.15, -0.1) is 0 Å². The number of halogens is 2. The van der Waals surface area contributed by atoms with Crippen molar-refractivity contribution in [1.29, 1.82) is 0 Å². The third-order valence-electron chi connectivity index (χ3n) is 4.36. The van der Waals surface area contributed by atoms with Gasteiger partial charge >= 0.3 is 0 Å². The summed E-state index contributed by atoms with van der Waals surface area (Å²) in [5.41, 5.74) is 3.85. The molecule has 0 aliphatic carbocycles. The maximum absolute atomic E-state index is 12.5. The van der Waals surface area contributed by atoms with Crippen LogP contribution in [-0.4, -0.2) is 39.2 Å². The Morgan fingerprint density at radius 3 is 2.79 bits per heavy atom. The number of rotatable bonds is 7. The summed E-state index contributed by atoms with van der Waals surface area (Å²) < 4.78 is 8.47. The summed E-state index contributed by atoms with van der Waals surface area (Å²) in [6, 6.07) is 5.23. The van der Waals surface area contributed by atoms with Crippen molar-refractivity contribution in [3.05, 3.63) is 57.6 Å². The molecule has 3 rings (SSSR count). The Morgan fingerprint density at radius 1 is 1.29 bits per heavy atom. The molecule has 0 spiro atoms. The van der Waals surface area contributed by atoms with Gasteiger partial charge in [-0.05, 0) is 32.0 Å². The van der Waals surface area contributed by atoms with E-state index >= 15 is 0 Å². The van der Waals surface area contributed by atoms with Crippen LogP contribution in [-0.2, 0) is 22.5 Å². The van der Waals surface area contributed by atoms with Crippen LogP contribution in [0.1, 0.15) is 17.0 Å². The van der Waals surface area contributed by atoms with Gasteiger partial charge in [0.15, 0.2) is 0 Å². The number of methoxy groups -OCH3 is 1. The van der Waals surface area contributed by atoms with Crippen molar-refractivity contribution in [1.82, 2.24) is 19.6 Å². The van der Waals surface area contributed by atoms with Crippen molar-refractivity contribution in [2.75, 3.05) is 19.0 Å². The van der Waals surface area contributed by atoms with E-state index in [9.17, 15) is 4.79 Å². The summed E-state index contributed by atoms with van der Waals surface area (Å²) in [5.74, 6) is -0.140.